The third kappa shape index (κ3) is 2.20. The molecule has 2 unspecified atom stereocenters. The number of rotatable bonds is 2. The molecule has 1 saturated heterocycles. The highest BCUT2D eigenvalue weighted by molar-refractivity contribution is 5.22. The largest absolute Gasteiger partial charge is 0.303 e. The third-order valence-corrected chi connectivity index (χ3v) is 3.43. The Hall–Kier alpha value is -0.890. The van der Waals surface area contributed by atoms with Crippen molar-refractivity contribution in [3.05, 3.63) is 35.6 Å². The maximum Gasteiger partial charge on any atom is 0.123 e. The van der Waals surface area contributed by atoms with E-state index < -0.39 is 0 Å². The second-order valence-corrected chi connectivity index (χ2v) is 4.49. The highest BCUT2D eigenvalue weighted by Crippen LogP contribution is 2.31. The van der Waals surface area contributed by atoms with Crippen molar-refractivity contribution in [1.29, 1.82) is 0 Å². The molecule has 1 aliphatic heterocycles. The molecule has 0 bridgehead atoms. The molecule has 1 aliphatic rings. The van der Waals surface area contributed by atoms with E-state index in [4.69, 9.17) is 0 Å². The van der Waals surface area contributed by atoms with Crippen molar-refractivity contribution < 1.29 is 4.39 Å². The number of nitrogens with zero attached hydrogens (tertiary/aromatic N) is 1. The Morgan fingerprint density at radius 1 is 1.27 bits per heavy atom. The fraction of sp³-hybridized carbons (Fsp3) is 0.538. The summed E-state index contributed by atoms with van der Waals surface area (Å²) in [5, 5.41) is 0. The number of hydrogen-bond donors (Lipinski definition) is 0. The minimum absolute atomic E-state index is 0.142. The Kier molecular flexibility index (Phi) is 3.06. The lowest BCUT2D eigenvalue weighted by Gasteiger charge is -2.14. The molecule has 0 N–H and O–H groups in total. The van der Waals surface area contributed by atoms with Crippen LogP contribution in [0.15, 0.2) is 24.3 Å². The van der Waals surface area contributed by atoms with E-state index in [1.807, 2.05) is 12.1 Å². The van der Waals surface area contributed by atoms with Crippen LogP contribution in [0, 0.1) is 11.7 Å². The lowest BCUT2D eigenvalue weighted by molar-refractivity contribution is 0.345. The Morgan fingerprint density at radius 2 is 1.93 bits per heavy atom. The van der Waals surface area contributed by atoms with Gasteiger partial charge in [0, 0.05) is 19.0 Å². The third-order valence-electron chi connectivity index (χ3n) is 3.43. The number of likely N-dealkylation sites (tertiary alicyclic amines) is 1. The average molecular weight is 207 g/mol. The van der Waals surface area contributed by atoms with E-state index in [0.717, 1.165) is 13.1 Å². The molecular weight excluding hydrogens is 189 g/mol. The Bertz CT molecular complexity index is 320. The van der Waals surface area contributed by atoms with Crippen molar-refractivity contribution in [2.45, 2.75) is 19.8 Å². The monoisotopic (exact) mass is 207 g/mol. The number of hydrogen-bond acceptors (Lipinski definition) is 1. The van der Waals surface area contributed by atoms with E-state index in [-0.39, 0.29) is 5.82 Å². The molecule has 15 heavy (non-hydrogen) atoms. The van der Waals surface area contributed by atoms with Gasteiger partial charge in [0.05, 0.1) is 0 Å². The topological polar surface area (TPSA) is 3.24 Å². The summed E-state index contributed by atoms with van der Waals surface area (Å²) in [6, 6.07) is 6.98. The normalized spacial score (nSPS) is 27.1. The van der Waals surface area contributed by atoms with Crippen LogP contribution in [0.2, 0.25) is 0 Å². The standard InChI is InChI=1S/C13H18FN/c1-3-15-8-10(2)13(9-15)11-4-6-12(14)7-5-11/h4-7,10,13H,3,8-9H2,1-2H3. The molecule has 1 fully saturated rings. The van der Waals surface area contributed by atoms with E-state index in [0.29, 0.717) is 11.8 Å². The van der Waals surface area contributed by atoms with Crippen molar-refractivity contribution in [2.24, 2.45) is 5.92 Å². The quantitative estimate of drug-likeness (QED) is 0.720. The van der Waals surface area contributed by atoms with Gasteiger partial charge in [0.2, 0.25) is 0 Å². The van der Waals surface area contributed by atoms with Gasteiger partial charge in [-0.05, 0) is 30.2 Å². The average Bonchev–Trinajstić information content (AvgIpc) is 2.61. The van der Waals surface area contributed by atoms with Crippen molar-refractivity contribution in [3.63, 3.8) is 0 Å². The van der Waals surface area contributed by atoms with Gasteiger partial charge in [-0.1, -0.05) is 26.0 Å². The van der Waals surface area contributed by atoms with Gasteiger partial charge in [-0.2, -0.15) is 0 Å². The summed E-state index contributed by atoms with van der Waals surface area (Å²) >= 11 is 0. The molecule has 0 aliphatic carbocycles. The van der Waals surface area contributed by atoms with Gasteiger partial charge in [0.15, 0.2) is 0 Å². The summed E-state index contributed by atoms with van der Waals surface area (Å²) in [4.78, 5) is 2.46. The smallest absolute Gasteiger partial charge is 0.123 e. The SMILES string of the molecule is CCN1CC(C)C(c2ccc(F)cc2)C1. The molecule has 82 valence electrons. The van der Waals surface area contributed by atoms with E-state index in [9.17, 15) is 4.39 Å². The summed E-state index contributed by atoms with van der Waals surface area (Å²) in [7, 11) is 0. The zero-order chi connectivity index (χ0) is 10.8. The van der Waals surface area contributed by atoms with Crippen LogP contribution in [0.1, 0.15) is 25.3 Å². The Morgan fingerprint density at radius 3 is 2.47 bits per heavy atom. The van der Waals surface area contributed by atoms with Crippen molar-refractivity contribution in [1.82, 2.24) is 4.90 Å². The van der Waals surface area contributed by atoms with Crippen LogP contribution >= 0.6 is 0 Å². The highest BCUT2D eigenvalue weighted by Gasteiger charge is 2.29. The predicted octanol–water partition coefficient (Wildman–Crippen LogP) is 2.88. The second-order valence-electron chi connectivity index (χ2n) is 4.49. The Labute approximate surface area is 90.9 Å². The van der Waals surface area contributed by atoms with Gasteiger partial charge in [0.25, 0.3) is 0 Å². The molecule has 0 saturated carbocycles. The minimum Gasteiger partial charge on any atom is -0.303 e. The van der Waals surface area contributed by atoms with Crippen molar-refractivity contribution in [2.75, 3.05) is 19.6 Å². The fourth-order valence-corrected chi connectivity index (χ4v) is 2.47. The first-order valence-corrected chi connectivity index (χ1v) is 5.68. The summed E-state index contributed by atoms with van der Waals surface area (Å²) in [5.41, 5.74) is 1.28. The molecule has 0 amide bonds. The zero-order valence-corrected chi connectivity index (χ0v) is 9.41. The molecule has 0 radical (unpaired) electrons. The first-order valence-electron chi connectivity index (χ1n) is 5.68. The maximum absolute atomic E-state index is 12.8. The van der Waals surface area contributed by atoms with Crippen LogP contribution in [-0.4, -0.2) is 24.5 Å². The number of halogens is 1. The van der Waals surface area contributed by atoms with E-state index in [1.165, 1.54) is 12.1 Å². The molecule has 1 heterocycles. The zero-order valence-electron chi connectivity index (χ0n) is 9.41. The summed E-state index contributed by atoms with van der Waals surface area (Å²) < 4.78 is 12.8. The molecule has 0 spiro atoms. The van der Waals surface area contributed by atoms with Crippen LogP contribution in [0.5, 0.6) is 0 Å². The van der Waals surface area contributed by atoms with Crippen LogP contribution in [0.25, 0.3) is 0 Å². The predicted molar refractivity (Wildman–Crippen MR) is 60.4 cm³/mol. The van der Waals surface area contributed by atoms with E-state index >= 15 is 0 Å². The first-order chi connectivity index (χ1) is 7.20. The van der Waals surface area contributed by atoms with Gasteiger partial charge in [-0.25, -0.2) is 4.39 Å². The van der Waals surface area contributed by atoms with Crippen LogP contribution < -0.4 is 0 Å². The van der Waals surface area contributed by atoms with Gasteiger partial charge >= 0.3 is 0 Å². The van der Waals surface area contributed by atoms with E-state index in [2.05, 4.69) is 18.7 Å². The number of likely N-dealkylation sites (N-methyl/N-ethyl adjacent to an activating group) is 1. The minimum atomic E-state index is -0.142. The molecule has 1 aromatic rings. The highest BCUT2D eigenvalue weighted by atomic mass is 19.1. The fourth-order valence-electron chi connectivity index (χ4n) is 2.47. The lowest BCUT2D eigenvalue weighted by Crippen LogP contribution is -2.19. The molecule has 0 aromatic heterocycles. The summed E-state index contributed by atoms with van der Waals surface area (Å²) in [6.45, 7) is 7.87. The molecule has 1 aromatic carbocycles. The summed E-state index contributed by atoms with van der Waals surface area (Å²) in [5.74, 6) is 1.11. The van der Waals surface area contributed by atoms with Crippen molar-refractivity contribution in [3.8, 4) is 0 Å². The van der Waals surface area contributed by atoms with Gasteiger partial charge in [-0.3, -0.25) is 0 Å². The van der Waals surface area contributed by atoms with Crippen molar-refractivity contribution >= 4 is 0 Å². The number of benzene rings is 1. The van der Waals surface area contributed by atoms with Gasteiger partial charge in [-0.15, -0.1) is 0 Å². The molecular formula is C13H18FN. The van der Waals surface area contributed by atoms with Crippen LogP contribution in [-0.2, 0) is 0 Å². The maximum atomic E-state index is 12.8. The van der Waals surface area contributed by atoms with Crippen LogP contribution in [0.3, 0.4) is 0 Å². The van der Waals surface area contributed by atoms with E-state index in [1.54, 1.807) is 12.1 Å². The Balaban J connectivity index is 2.14. The first kappa shape index (κ1) is 10.6. The van der Waals surface area contributed by atoms with Gasteiger partial charge in [0.1, 0.15) is 5.82 Å². The molecule has 2 rings (SSSR count). The summed E-state index contributed by atoms with van der Waals surface area (Å²) in [6.07, 6.45) is 0. The van der Waals surface area contributed by atoms with Crippen LogP contribution in [0.4, 0.5) is 4.39 Å². The molecule has 2 atom stereocenters. The molecule has 2 heteroatoms. The molecule has 1 nitrogen and oxygen atoms in total. The lowest BCUT2D eigenvalue weighted by atomic mass is 9.90. The van der Waals surface area contributed by atoms with Gasteiger partial charge < -0.3 is 4.90 Å². The second kappa shape index (κ2) is 4.31.